The van der Waals surface area contributed by atoms with Crippen LogP contribution in [-0.4, -0.2) is 31.1 Å². The number of hydrogen-bond acceptors (Lipinski definition) is 6. The highest BCUT2D eigenvalue weighted by atomic mass is 35.5. The molecule has 0 radical (unpaired) electrons. The highest BCUT2D eigenvalue weighted by molar-refractivity contribution is 8.00. The summed E-state index contributed by atoms with van der Waals surface area (Å²) in [7, 11) is 0. The van der Waals surface area contributed by atoms with Gasteiger partial charge in [0, 0.05) is 11.1 Å². The van der Waals surface area contributed by atoms with Crippen LogP contribution in [-0.2, 0) is 4.79 Å². The van der Waals surface area contributed by atoms with E-state index in [4.69, 9.17) is 16.1 Å². The second kappa shape index (κ2) is 7.71. The van der Waals surface area contributed by atoms with Crippen molar-refractivity contribution in [3.63, 3.8) is 0 Å². The number of nitrogens with one attached hydrogen (secondary N) is 1. The molecule has 0 spiro atoms. The van der Waals surface area contributed by atoms with E-state index < -0.39 is 0 Å². The van der Waals surface area contributed by atoms with Gasteiger partial charge in [-0.3, -0.25) is 9.36 Å². The first-order chi connectivity index (χ1) is 12.1. The highest BCUT2D eigenvalue weighted by Crippen LogP contribution is 2.27. The maximum atomic E-state index is 12.5. The van der Waals surface area contributed by atoms with Crippen LogP contribution in [0, 0.1) is 6.92 Å². The van der Waals surface area contributed by atoms with E-state index in [1.54, 1.807) is 30.0 Å². The molecular weight excluding hydrogens is 362 g/mol. The molecule has 9 heteroatoms. The van der Waals surface area contributed by atoms with Crippen LogP contribution in [0.4, 0.5) is 5.82 Å². The first kappa shape index (κ1) is 17.5. The monoisotopic (exact) mass is 377 g/mol. The second-order valence-electron chi connectivity index (χ2n) is 5.29. The minimum Gasteiger partial charge on any atom is -0.360 e. The lowest BCUT2D eigenvalue weighted by Gasteiger charge is -2.13. The number of amides is 1. The SMILES string of the molecule is CC[C@@H](Sc1nncn1-c1cccc(Cl)c1)C(=O)Nc1cc(C)on1. The molecule has 3 aromatic rings. The molecule has 1 aromatic carbocycles. The standard InChI is InChI=1S/C16H16ClN5O2S/c1-3-13(15(23)19-14-7-10(2)24-21-14)25-16-20-18-9-22(16)12-6-4-5-11(17)8-12/h4-9,13H,3H2,1-2H3,(H,19,21,23)/t13-/m1/s1. The Bertz CT molecular complexity index is 879. The Hall–Kier alpha value is -2.32. The van der Waals surface area contributed by atoms with Gasteiger partial charge >= 0.3 is 0 Å². The van der Waals surface area contributed by atoms with E-state index in [0.29, 0.717) is 28.2 Å². The summed E-state index contributed by atoms with van der Waals surface area (Å²) in [4.78, 5) is 12.5. The summed E-state index contributed by atoms with van der Waals surface area (Å²) >= 11 is 7.38. The van der Waals surface area contributed by atoms with E-state index in [1.807, 2.05) is 25.1 Å². The molecule has 7 nitrogen and oxygen atoms in total. The molecule has 0 aliphatic carbocycles. The van der Waals surface area contributed by atoms with Gasteiger partial charge in [0.2, 0.25) is 5.91 Å². The average molecular weight is 378 g/mol. The van der Waals surface area contributed by atoms with Crippen molar-refractivity contribution in [3.8, 4) is 5.69 Å². The first-order valence-corrected chi connectivity index (χ1v) is 8.89. The van der Waals surface area contributed by atoms with Gasteiger partial charge < -0.3 is 9.84 Å². The normalized spacial score (nSPS) is 12.1. The van der Waals surface area contributed by atoms with Gasteiger partial charge in [0.05, 0.1) is 10.9 Å². The molecule has 2 aromatic heterocycles. The van der Waals surface area contributed by atoms with Crippen LogP contribution in [0.3, 0.4) is 0 Å². The predicted octanol–water partition coefficient (Wildman–Crippen LogP) is 3.73. The molecule has 0 aliphatic rings. The molecule has 1 atom stereocenters. The number of nitrogens with zero attached hydrogens (tertiary/aromatic N) is 4. The van der Waals surface area contributed by atoms with Gasteiger partial charge in [-0.25, -0.2) is 0 Å². The summed E-state index contributed by atoms with van der Waals surface area (Å²) in [6.45, 7) is 3.70. The minimum absolute atomic E-state index is 0.165. The van der Waals surface area contributed by atoms with E-state index in [9.17, 15) is 4.79 Å². The molecule has 130 valence electrons. The summed E-state index contributed by atoms with van der Waals surface area (Å²) in [5.41, 5.74) is 0.836. The molecular formula is C16H16ClN5O2S. The quantitative estimate of drug-likeness (QED) is 0.659. The molecule has 2 heterocycles. The van der Waals surface area contributed by atoms with Gasteiger partial charge in [0.25, 0.3) is 0 Å². The smallest absolute Gasteiger partial charge is 0.239 e. The maximum Gasteiger partial charge on any atom is 0.239 e. The lowest BCUT2D eigenvalue weighted by molar-refractivity contribution is -0.115. The number of thioether (sulfide) groups is 1. The van der Waals surface area contributed by atoms with Crippen molar-refractivity contribution in [2.24, 2.45) is 0 Å². The molecule has 0 saturated carbocycles. The average Bonchev–Trinajstić information content (AvgIpc) is 3.21. The summed E-state index contributed by atoms with van der Waals surface area (Å²) in [6, 6.07) is 9.03. The third kappa shape index (κ3) is 4.21. The first-order valence-electron chi connectivity index (χ1n) is 7.63. The Morgan fingerprint density at radius 3 is 2.96 bits per heavy atom. The summed E-state index contributed by atoms with van der Waals surface area (Å²) in [5, 5.41) is 15.5. The van der Waals surface area contributed by atoms with Gasteiger partial charge in [0.1, 0.15) is 12.1 Å². The van der Waals surface area contributed by atoms with Gasteiger partial charge in [-0.2, -0.15) is 0 Å². The van der Waals surface area contributed by atoms with Gasteiger partial charge in [-0.05, 0) is 31.5 Å². The van der Waals surface area contributed by atoms with Gasteiger partial charge in [-0.15, -0.1) is 10.2 Å². The number of aryl methyl sites for hydroxylation is 1. The van der Waals surface area contributed by atoms with Gasteiger partial charge in [0.15, 0.2) is 11.0 Å². The third-order valence-corrected chi connectivity index (χ3v) is 4.95. The number of carbonyl (C=O) groups excluding carboxylic acids is 1. The Morgan fingerprint density at radius 2 is 2.28 bits per heavy atom. The third-order valence-electron chi connectivity index (χ3n) is 3.39. The largest absolute Gasteiger partial charge is 0.360 e. The van der Waals surface area contributed by atoms with Crippen molar-refractivity contribution in [3.05, 3.63) is 47.4 Å². The van der Waals surface area contributed by atoms with Crippen LogP contribution >= 0.6 is 23.4 Å². The van der Waals surface area contributed by atoms with Crippen molar-refractivity contribution < 1.29 is 9.32 Å². The lowest BCUT2D eigenvalue weighted by atomic mass is 10.3. The van der Waals surface area contributed by atoms with E-state index in [2.05, 4.69) is 20.7 Å². The van der Waals surface area contributed by atoms with Crippen LogP contribution in [0.25, 0.3) is 5.69 Å². The van der Waals surface area contributed by atoms with E-state index in [0.717, 1.165) is 5.69 Å². The van der Waals surface area contributed by atoms with Crippen molar-refractivity contribution in [2.75, 3.05) is 5.32 Å². The number of carbonyl (C=O) groups is 1. The number of anilines is 1. The molecule has 0 aliphatic heterocycles. The minimum atomic E-state index is -0.348. The molecule has 0 unspecified atom stereocenters. The number of rotatable bonds is 6. The number of benzene rings is 1. The zero-order chi connectivity index (χ0) is 17.8. The highest BCUT2D eigenvalue weighted by Gasteiger charge is 2.22. The van der Waals surface area contributed by atoms with Crippen LogP contribution < -0.4 is 5.32 Å². The predicted molar refractivity (Wildman–Crippen MR) is 96.2 cm³/mol. The zero-order valence-corrected chi connectivity index (χ0v) is 15.2. The van der Waals surface area contributed by atoms with Crippen LogP contribution in [0.5, 0.6) is 0 Å². The number of halogens is 1. The zero-order valence-electron chi connectivity index (χ0n) is 13.6. The summed E-state index contributed by atoms with van der Waals surface area (Å²) < 4.78 is 6.76. The van der Waals surface area contributed by atoms with Crippen molar-refractivity contribution in [1.29, 1.82) is 0 Å². The van der Waals surface area contributed by atoms with Crippen LogP contribution in [0.2, 0.25) is 5.02 Å². The molecule has 0 bridgehead atoms. The Kier molecular flexibility index (Phi) is 5.40. The molecule has 1 N–H and O–H groups in total. The Morgan fingerprint density at radius 1 is 1.44 bits per heavy atom. The van der Waals surface area contributed by atoms with E-state index >= 15 is 0 Å². The van der Waals surface area contributed by atoms with Crippen molar-refractivity contribution in [1.82, 2.24) is 19.9 Å². The Balaban J connectivity index is 1.76. The second-order valence-corrected chi connectivity index (χ2v) is 6.90. The number of hydrogen-bond donors (Lipinski definition) is 1. The molecule has 0 fully saturated rings. The van der Waals surface area contributed by atoms with Crippen molar-refractivity contribution in [2.45, 2.75) is 30.7 Å². The molecule has 1 amide bonds. The fraction of sp³-hybridized carbons (Fsp3) is 0.250. The topological polar surface area (TPSA) is 85.8 Å². The van der Waals surface area contributed by atoms with Gasteiger partial charge in [-0.1, -0.05) is 41.5 Å². The fourth-order valence-electron chi connectivity index (χ4n) is 2.19. The van der Waals surface area contributed by atoms with Crippen molar-refractivity contribution >= 4 is 35.1 Å². The van der Waals surface area contributed by atoms with E-state index in [1.165, 1.54) is 11.8 Å². The fourth-order valence-corrected chi connectivity index (χ4v) is 3.32. The van der Waals surface area contributed by atoms with E-state index in [-0.39, 0.29) is 11.2 Å². The van der Waals surface area contributed by atoms with Crippen LogP contribution in [0.15, 0.2) is 46.3 Å². The molecule has 0 saturated heterocycles. The molecule has 3 rings (SSSR count). The maximum absolute atomic E-state index is 12.5. The van der Waals surface area contributed by atoms with Crippen LogP contribution in [0.1, 0.15) is 19.1 Å². The molecule has 25 heavy (non-hydrogen) atoms. The lowest BCUT2D eigenvalue weighted by Crippen LogP contribution is -2.25. The Labute approximate surface area is 153 Å². The summed E-state index contributed by atoms with van der Waals surface area (Å²) in [5.74, 6) is 0.871. The summed E-state index contributed by atoms with van der Waals surface area (Å²) in [6.07, 6.45) is 2.22. The number of aromatic nitrogens is 4.